The lowest BCUT2D eigenvalue weighted by Gasteiger charge is -2.18. The van der Waals surface area contributed by atoms with Crippen LogP contribution in [0.15, 0.2) is 154 Å². The van der Waals surface area contributed by atoms with Gasteiger partial charge in [0, 0.05) is 32.7 Å². The molecule has 0 atom stereocenters. The summed E-state index contributed by atoms with van der Waals surface area (Å²) in [6.45, 7) is 0. The zero-order chi connectivity index (χ0) is 35.7. The van der Waals surface area contributed by atoms with Gasteiger partial charge in [0.05, 0.1) is 11.0 Å². The molecular weight excluding hydrogens is 536 g/mol. The largest absolute Gasteiger partial charge is 0.456 e. The Bertz CT molecular complexity index is 3150. The van der Waals surface area contributed by atoms with Gasteiger partial charge >= 0.3 is 0 Å². The maximum absolute atomic E-state index is 9.37. The van der Waals surface area contributed by atoms with Crippen LogP contribution in [-0.4, -0.2) is 0 Å². The summed E-state index contributed by atoms with van der Waals surface area (Å²) >= 11 is 0. The lowest BCUT2D eigenvalue weighted by atomic mass is 9.85. The van der Waals surface area contributed by atoms with Gasteiger partial charge in [-0.1, -0.05) is 121 Å². The molecule has 44 heavy (non-hydrogen) atoms. The SMILES string of the molecule is [2H]c1c([2H])c([2H])c2c(-c3cccc4c3oc3ccc5oc6ccccc6c5c34)c3c([2H])c([2H])c([2H])c([2H])c3c(-c3ccc4ccccc4c3)c2c1[2H]. The molecule has 0 N–H and O–H groups in total. The van der Waals surface area contributed by atoms with Crippen molar-refractivity contribution < 1.29 is 19.8 Å². The molecule has 0 amide bonds. The summed E-state index contributed by atoms with van der Waals surface area (Å²) in [5.74, 6) is 0. The standard InChI is InChI=1S/C42H24O2/c1-2-11-26-24-27(21-20-25(26)10-1)38-28-12-3-5-14-30(28)39(31-15-6-4-13-29(31)38)33-17-9-18-34-41-37(44-42(33)34)23-22-36-40(41)32-16-7-8-19-35(32)43-36/h1-24H/i3D,4D,5D,6D,12D,13D,14D,15D. The highest BCUT2D eigenvalue weighted by Crippen LogP contribution is 2.48. The van der Waals surface area contributed by atoms with E-state index in [0.29, 0.717) is 33.4 Å². The van der Waals surface area contributed by atoms with E-state index >= 15 is 0 Å². The van der Waals surface area contributed by atoms with Crippen LogP contribution in [-0.2, 0) is 0 Å². The molecule has 0 bridgehead atoms. The first-order valence-electron chi connectivity index (χ1n) is 18.4. The zero-order valence-electron chi connectivity index (χ0n) is 31.1. The maximum Gasteiger partial charge on any atom is 0.143 e. The van der Waals surface area contributed by atoms with E-state index in [0.717, 1.165) is 37.9 Å². The summed E-state index contributed by atoms with van der Waals surface area (Å²) in [5, 5.41) is 5.74. The molecule has 0 spiro atoms. The molecule has 0 saturated heterocycles. The van der Waals surface area contributed by atoms with E-state index in [1.54, 1.807) is 6.07 Å². The van der Waals surface area contributed by atoms with Gasteiger partial charge in [-0.3, -0.25) is 0 Å². The molecule has 0 unspecified atom stereocenters. The molecule has 10 aromatic rings. The first-order valence-corrected chi connectivity index (χ1v) is 14.4. The van der Waals surface area contributed by atoms with E-state index in [9.17, 15) is 5.48 Å². The number of fused-ring (bicyclic) bond motifs is 10. The summed E-state index contributed by atoms with van der Waals surface area (Å²) in [6, 6.07) is 27.3. The third-order valence-electron chi connectivity index (χ3n) is 8.68. The van der Waals surface area contributed by atoms with Gasteiger partial charge in [-0.2, -0.15) is 0 Å². The van der Waals surface area contributed by atoms with E-state index in [-0.39, 0.29) is 51.3 Å². The Morgan fingerprint density at radius 3 is 1.82 bits per heavy atom. The van der Waals surface area contributed by atoms with Crippen molar-refractivity contribution in [2.24, 2.45) is 0 Å². The van der Waals surface area contributed by atoms with Crippen molar-refractivity contribution in [3.05, 3.63) is 145 Å². The molecule has 2 aromatic heterocycles. The van der Waals surface area contributed by atoms with Crippen LogP contribution in [0.1, 0.15) is 11.0 Å². The summed E-state index contributed by atoms with van der Waals surface area (Å²) < 4.78 is 85.4. The maximum atomic E-state index is 9.37. The Hall–Kier alpha value is -5.86. The number of hydrogen-bond donors (Lipinski definition) is 0. The highest BCUT2D eigenvalue weighted by Gasteiger charge is 2.22. The van der Waals surface area contributed by atoms with Crippen LogP contribution in [0.2, 0.25) is 0 Å². The van der Waals surface area contributed by atoms with E-state index in [1.807, 2.05) is 91.0 Å². The van der Waals surface area contributed by atoms with Crippen LogP contribution in [0.4, 0.5) is 0 Å². The third kappa shape index (κ3) is 3.20. The summed E-state index contributed by atoms with van der Waals surface area (Å²) in [7, 11) is 0. The Morgan fingerprint density at radius 1 is 0.432 bits per heavy atom. The minimum absolute atomic E-state index is 0.138. The Labute approximate surface area is 263 Å². The predicted molar refractivity (Wildman–Crippen MR) is 184 cm³/mol. The Morgan fingerprint density at radius 2 is 1.05 bits per heavy atom. The Balaban J connectivity index is 1.46. The minimum atomic E-state index is -0.452. The Kier molecular flexibility index (Phi) is 3.47. The molecule has 0 radical (unpaired) electrons. The van der Waals surface area contributed by atoms with Crippen molar-refractivity contribution in [1.82, 2.24) is 0 Å². The fraction of sp³-hybridized carbons (Fsp3) is 0. The fourth-order valence-electron chi connectivity index (χ4n) is 6.83. The lowest BCUT2D eigenvalue weighted by molar-refractivity contribution is 0.663. The molecule has 0 aliphatic carbocycles. The quantitative estimate of drug-likeness (QED) is 0.194. The molecule has 2 heteroatoms. The van der Waals surface area contributed by atoms with E-state index < -0.39 is 24.2 Å². The number of benzene rings is 8. The molecule has 204 valence electrons. The van der Waals surface area contributed by atoms with Crippen LogP contribution in [0.25, 0.3) is 98.4 Å². The average Bonchev–Trinajstić information content (AvgIpc) is 3.74. The van der Waals surface area contributed by atoms with Crippen LogP contribution < -0.4 is 0 Å². The average molecular weight is 569 g/mol. The van der Waals surface area contributed by atoms with Crippen LogP contribution in [0.5, 0.6) is 0 Å². The minimum Gasteiger partial charge on any atom is -0.456 e. The number of furan rings is 2. The lowest BCUT2D eigenvalue weighted by Crippen LogP contribution is -1.91. The molecule has 2 heterocycles. The van der Waals surface area contributed by atoms with E-state index in [1.165, 1.54) is 0 Å². The smallest absolute Gasteiger partial charge is 0.143 e. The number of hydrogen-bond acceptors (Lipinski definition) is 2. The first kappa shape index (κ1) is 17.3. The zero-order valence-corrected chi connectivity index (χ0v) is 23.1. The van der Waals surface area contributed by atoms with Crippen molar-refractivity contribution >= 4 is 76.2 Å². The molecule has 8 aromatic carbocycles. The van der Waals surface area contributed by atoms with Crippen molar-refractivity contribution in [3.63, 3.8) is 0 Å². The van der Waals surface area contributed by atoms with Gasteiger partial charge in [0.25, 0.3) is 0 Å². The van der Waals surface area contributed by atoms with Crippen molar-refractivity contribution in [3.8, 4) is 22.3 Å². The summed E-state index contributed by atoms with van der Waals surface area (Å²) in [5.41, 5.74) is 3.94. The van der Waals surface area contributed by atoms with E-state index in [2.05, 4.69) is 0 Å². The fourth-order valence-corrected chi connectivity index (χ4v) is 6.83. The summed E-state index contributed by atoms with van der Waals surface area (Å²) in [4.78, 5) is 0. The van der Waals surface area contributed by atoms with Gasteiger partial charge in [-0.05, 0) is 67.7 Å². The normalized spacial score (nSPS) is 14.6. The molecule has 2 nitrogen and oxygen atoms in total. The van der Waals surface area contributed by atoms with Crippen molar-refractivity contribution in [2.75, 3.05) is 0 Å². The van der Waals surface area contributed by atoms with Crippen LogP contribution in [0, 0.1) is 0 Å². The van der Waals surface area contributed by atoms with Gasteiger partial charge in [-0.15, -0.1) is 0 Å². The second kappa shape index (κ2) is 8.82. The second-order valence-electron chi connectivity index (χ2n) is 11.0. The molecule has 0 aliphatic rings. The van der Waals surface area contributed by atoms with Gasteiger partial charge in [0.1, 0.15) is 22.3 Å². The monoisotopic (exact) mass is 568 g/mol. The molecule has 0 aliphatic heterocycles. The molecule has 10 rings (SSSR count). The van der Waals surface area contributed by atoms with Gasteiger partial charge < -0.3 is 8.83 Å². The van der Waals surface area contributed by atoms with Gasteiger partial charge in [-0.25, -0.2) is 0 Å². The highest BCUT2D eigenvalue weighted by atomic mass is 16.3. The highest BCUT2D eigenvalue weighted by molar-refractivity contribution is 6.29. The van der Waals surface area contributed by atoms with Crippen LogP contribution >= 0.6 is 0 Å². The van der Waals surface area contributed by atoms with Crippen LogP contribution in [0.3, 0.4) is 0 Å². The topological polar surface area (TPSA) is 26.3 Å². The van der Waals surface area contributed by atoms with Crippen molar-refractivity contribution in [1.29, 1.82) is 0 Å². The third-order valence-corrected chi connectivity index (χ3v) is 8.68. The molecule has 0 saturated carbocycles. The number of rotatable bonds is 2. The van der Waals surface area contributed by atoms with E-state index in [4.69, 9.17) is 14.3 Å². The number of para-hydroxylation sites is 2. The second-order valence-corrected chi connectivity index (χ2v) is 11.0. The summed E-state index contributed by atoms with van der Waals surface area (Å²) in [6.07, 6.45) is 0. The van der Waals surface area contributed by atoms with Crippen molar-refractivity contribution in [2.45, 2.75) is 0 Å². The first-order chi connectivity index (χ1) is 25.2. The van der Waals surface area contributed by atoms with Gasteiger partial charge in [0.15, 0.2) is 0 Å². The van der Waals surface area contributed by atoms with Gasteiger partial charge in [0.2, 0.25) is 0 Å². The molecule has 0 fully saturated rings. The predicted octanol–water partition coefficient (Wildman–Crippen LogP) is 12.3. The molecular formula is C42H24O2.